The van der Waals surface area contributed by atoms with Crippen molar-refractivity contribution in [2.45, 2.75) is 6.61 Å². The second-order valence-corrected chi connectivity index (χ2v) is 8.96. The van der Waals surface area contributed by atoms with Crippen molar-refractivity contribution in [3.05, 3.63) is 113 Å². The van der Waals surface area contributed by atoms with Gasteiger partial charge in [0, 0.05) is 11.1 Å². The number of amides is 2. The highest BCUT2D eigenvalue weighted by atomic mass is 32.1. The molecule has 0 unspecified atom stereocenters. The summed E-state index contributed by atoms with van der Waals surface area (Å²) in [5.41, 5.74) is 1.63. The minimum atomic E-state index is -1.16. The van der Waals surface area contributed by atoms with Crippen molar-refractivity contribution >= 4 is 57.6 Å². The van der Waals surface area contributed by atoms with E-state index in [1.165, 1.54) is 30.3 Å². The number of thiocarbonyl (C=S) groups is 1. The Kier molecular flexibility index (Phi) is 6.87. The summed E-state index contributed by atoms with van der Waals surface area (Å²) >= 11 is 5.26. The fourth-order valence-electron chi connectivity index (χ4n) is 4.28. The molecule has 0 aromatic heterocycles. The molecule has 0 aliphatic carbocycles. The average Bonchev–Trinajstić information content (AvgIpc) is 2.94. The van der Waals surface area contributed by atoms with Crippen LogP contribution in [0.5, 0.6) is 5.75 Å². The number of nitrogens with zero attached hydrogens (tertiary/aromatic N) is 2. The van der Waals surface area contributed by atoms with Gasteiger partial charge in [0.1, 0.15) is 17.9 Å². The first-order valence-electron chi connectivity index (χ1n) is 11.7. The van der Waals surface area contributed by atoms with Gasteiger partial charge in [-0.1, -0.05) is 54.6 Å². The van der Waals surface area contributed by atoms with Crippen LogP contribution in [0.4, 0.5) is 5.69 Å². The Hall–Kier alpha value is -5.33. The SMILES string of the molecule is N#Cc1ccccc1COc1ccc2ccccc2c1C=C1C(=O)NC(=S)N(c2cccc(C(=O)O)c2)C1=O. The predicted octanol–water partition coefficient (Wildman–Crippen LogP) is 4.82. The van der Waals surface area contributed by atoms with Crippen LogP contribution in [0.2, 0.25) is 0 Å². The zero-order valence-electron chi connectivity index (χ0n) is 20.3. The van der Waals surface area contributed by atoms with Crippen LogP contribution in [0.1, 0.15) is 27.0 Å². The molecule has 4 aromatic rings. The molecule has 190 valence electrons. The van der Waals surface area contributed by atoms with Gasteiger partial charge < -0.3 is 9.84 Å². The van der Waals surface area contributed by atoms with Gasteiger partial charge in [0.05, 0.1) is 22.9 Å². The zero-order valence-corrected chi connectivity index (χ0v) is 21.1. The van der Waals surface area contributed by atoms with Crippen molar-refractivity contribution in [2.75, 3.05) is 4.90 Å². The second kappa shape index (κ2) is 10.6. The number of ether oxygens (including phenoxy) is 1. The molecule has 2 amide bonds. The van der Waals surface area contributed by atoms with Gasteiger partial charge in [-0.25, -0.2) is 4.79 Å². The number of hydrogen-bond acceptors (Lipinski definition) is 6. The van der Waals surface area contributed by atoms with E-state index in [1.54, 1.807) is 24.3 Å². The highest BCUT2D eigenvalue weighted by molar-refractivity contribution is 7.80. The van der Waals surface area contributed by atoms with Crippen LogP contribution in [-0.2, 0) is 16.2 Å². The number of carboxylic acid groups (broad SMARTS) is 1. The number of rotatable bonds is 6. The Bertz CT molecular complexity index is 1760. The Morgan fingerprint density at radius 1 is 1.03 bits per heavy atom. The third-order valence-electron chi connectivity index (χ3n) is 6.19. The molecule has 4 aromatic carbocycles. The molecule has 0 spiro atoms. The Balaban J connectivity index is 1.59. The van der Waals surface area contributed by atoms with Crippen LogP contribution in [0.15, 0.2) is 90.5 Å². The van der Waals surface area contributed by atoms with Gasteiger partial charge >= 0.3 is 5.97 Å². The van der Waals surface area contributed by atoms with Gasteiger partial charge in [-0.2, -0.15) is 5.26 Å². The monoisotopic (exact) mass is 533 g/mol. The number of nitriles is 1. The van der Waals surface area contributed by atoms with Crippen LogP contribution < -0.4 is 15.0 Å². The number of carbonyl (C=O) groups is 3. The molecule has 1 heterocycles. The van der Waals surface area contributed by atoms with Crippen molar-refractivity contribution in [1.29, 1.82) is 5.26 Å². The number of nitrogens with one attached hydrogen (secondary N) is 1. The molecular formula is C30H19N3O5S. The first kappa shape index (κ1) is 25.3. The fourth-order valence-corrected chi connectivity index (χ4v) is 4.56. The van der Waals surface area contributed by atoms with Crippen molar-refractivity contribution in [3.8, 4) is 11.8 Å². The van der Waals surface area contributed by atoms with Gasteiger partial charge in [-0.3, -0.25) is 19.8 Å². The summed E-state index contributed by atoms with van der Waals surface area (Å²) in [4.78, 5) is 39.2. The molecule has 39 heavy (non-hydrogen) atoms. The largest absolute Gasteiger partial charge is 0.488 e. The lowest BCUT2D eigenvalue weighted by molar-refractivity contribution is -0.122. The highest BCUT2D eigenvalue weighted by Gasteiger charge is 2.35. The summed E-state index contributed by atoms with van der Waals surface area (Å²) in [6, 6.07) is 26.0. The number of aromatic carboxylic acids is 1. The van der Waals surface area contributed by atoms with Crippen molar-refractivity contribution < 1.29 is 24.2 Å². The van der Waals surface area contributed by atoms with E-state index in [0.29, 0.717) is 22.4 Å². The number of benzene rings is 4. The molecule has 8 nitrogen and oxygen atoms in total. The molecule has 9 heteroatoms. The molecule has 5 rings (SSSR count). The lowest BCUT2D eigenvalue weighted by Crippen LogP contribution is -2.54. The third-order valence-corrected chi connectivity index (χ3v) is 6.48. The van der Waals surface area contributed by atoms with E-state index in [0.717, 1.165) is 15.7 Å². The van der Waals surface area contributed by atoms with Crippen molar-refractivity contribution in [1.82, 2.24) is 5.32 Å². The summed E-state index contributed by atoms with van der Waals surface area (Å²) in [6.45, 7) is 0.0938. The Morgan fingerprint density at radius 2 is 1.79 bits per heavy atom. The summed E-state index contributed by atoms with van der Waals surface area (Å²) < 4.78 is 6.12. The maximum absolute atomic E-state index is 13.6. The Morgan fingerprint density at radius 3 is 2.59 bits per heavy atom. The molecule has 0 saturated carbocycles. The number of anilines is 1. The van der Waals surface area contributed by atoms with Crippen molar-refractivity contribution in [3.63, 3.8) is 0 Å². The number of hydrogen-bond donors (Lipinski definition) is 2. The normalized spacial score (nSPS) is 14.3. The van der Waals surface area contributed by atoms with Crippen LogP contribution in [0, 0.1) is 11.3 Å². The predicted molar refractivity (Wildman–Crippen MR) is 149 cm³/mol. The number of fused-ring (bicyclic) bond motifs is 1. The number of carbonyl (C=O) groups excluding carboxylic acids is 2. The van der Waals surface area contributed by atoms with Gasteiger partial charge in [-0.15, -0.1) is 0 Å². The van der Waals surface area contributed by atoms with E-state index in [-0.39, 0.29) is 28.5 Å². The minimum Gasteiger partial charge on any atom is -0.488 e. The molecule has 0 bridgehead atoms. The second-order valence-electron chi connectivity index (χ2n) is 8.57. The van der Waals surface area contributed by atoms with E-state index >= 15 is 0 Å². The molecule has 2 N–H and O–H groups in total. The first-order chi connectivity index (χ1) is 18.9. The van der Waals surface area contributed by atoms with Gasteiger partial charge in [-0.05, 0) is 59.4 Å². The maximum atomic E-state index is 13.6. The zero-order chi connectivity index (χ0) is 27.5. The third kappa shape index (κ3) is 4.97. The van der Waals surface area contributed by atoms with E-state index in [1.807, 2.05) is 36.4 Å². The molecule has 1 saturated heterocycles. The molecule has 1 aliphatic rings. The first-order valence-corrected chi connectivity index (χ1v) is 12.2. The van der Waals surface area contributed by atoms with Crippen molar-refractivity contribution in [2.24, 2.45) is 0 Å². The molecule has 1 aliphatic heterocycles. The molecule has 0 atom stereocenters. The fraction of sp³-hybridized carbons (Fsp3) is 0.0333. The smallest absolute Gasteiger partial charge is 0.335 e. The lowest BCUT2D eigenvalue weighted by Gasteiger charge is -2.29. The van der Waals surface area contributed by atoms with E-state index in [4.69, 9.17) is 17.0 Å². The van der Waals surface area contributed by atoms with Gasteiger partial charge in [0.15, 0.2) is 5.11 Å². The Labute approximate surface area is 228 Å². The summed E-state index contributed by atoms with van der Waals surface area (Å²) in [6.07, 6.45) is 1.45. The lowest BCUT2D eigenvalue weighted by atomic mass is 9.99. The van der Waals surface area contributed by atoms with E-state index in [9.17, 15) is 24.8 Å². The molecular weight excluding hydrogens is 514 g/mol. The maximum Gasteiger partial charge on any atom is 0.335 e. The number of carboxylic acids is 1. The molecule has 0 radical (unpaired) electrons. The topological polar surface area (TPSA) is 120 Å². The quantitative estimate of drug-likeness (QED) is 0.207. The summed E-state index contributed by atoms with van der Waals surface area (Å²) in [5, 5.41) is 22.8. The standard InChI is InChI=1S/C30H19N3O5S/c31-16-20-7-1-2-8-21(20)17-38-26-13-12-18-6-3-4-11-23(18)24(26)15-25-27(34)32-30(39)33(28(25)35)22-10-5-9-19(14-22)29(36)37/h1-15H,17H2,(H,36,37)(H,32,34,39). The average molecular weight is 534 g/mol. The van der Waals surface area contributed by atoms with Crippen LogP contribution in [0.25, 0.3) is 16.8 Å². The molecule has 1 fully saturated rings. The van der Waals surface area contributed by atoms with Crippen LogP contribution in [-0.4, -0.2) is 28.0 Å². The van der Waals surface area contributed by atoms with Gasteiger partial charge in [0.2, 0.25) is 0 Å². The minimum absolute atomic E-state index is 0.0343. The van der Waals surface area contributed by atoms with E-state index < -0.39 is 17.8 Å². The van der Waals surface area contributed by atoms with E-state index in [2.05, 4.69) is 11.4 Å². The summed E-state index contributed by atoms with van der Waals surface area (Å²) in [5.74, 6) is -2.16. The van der Waals surface area contributed by atoms with Crippen LogP contribution >= 0.6 is 12.2 Å². The van der Waals surface area contributed by atoms with Gasteiger partial charge in [0.25, 0.3) is 11.8 Å². The summed E-state index contributed by atoms with van der Waals surface area (Å²) in [7, 11) is 0. The van der Waals surface area contributed by atoms with Crippen LogP contribution in [0.3, 0.4) is 0 Å². The highest BCUT2D eigenvalue weighted by Crippen LogP contribution is 2.32.